The van der Waals surface area contributed by atoms with Gasteiger partial charge in [-0.3, -0.25) is 4.18 Å². The highest BCUT2D eigenvalue weighted by molar-refractivity contribution is 7.89. The molecule has 0 aromatic rings. The van der Waals surface area contributed by atoms with Crippen LogP contribution in [0.1, 0.15) is 6.92 Å². The molecule has 2 heterocycles. The van der Waals surface area contributed by atoms with Crippen LogP contribution in [0.4, 0.5) is 0 Å². The molecule has 12 nitrogen and oxygen atoms in total. The molecule has 27 heavy (non-hydrogen) atoms. The molecule has 9 atom stereocenters. The lowest BCUT2D eigenvalue weighted by atomic mass is 9.99. The summed E-state index contributed by atoms with van der Waals surface area (Å²) in [6, 6.07) is 0. The molecule has 2 aliphatic heterocycles. The van der Waals surface area contributed by atoms with Gasteiger partial charge in [0, 0.05) is 14.2 Å². The highest BCUT2D eigenvalue weighted by Gasteiger charge is 2.49. The molecule has 13 heteroatoms. The van der Waals surface area contributed by atoms with Gasteiger partial charge in [-0.2, -0.15) is 0 Å². The van der Waals surface area contributed by atoms with E-state index >= 15 is 0 Å². The third kappa shape index (κ3) is 5.70. The van der Waals surface area contributed by atoms with Crippen LogP contribution in [0.15, 0.2) is 0 Å². The summed E-state index contributed by atoms with van der Waals surface area (Å²) in [6.45, 7) is 1.68. The van der Waals surface area contributed by atoms with E-state index in [-0.39, 0.29) is 6.61 Å². The summed E-state index contributed by atoms with van der Waals surface area (Å²) in [5, 5.41) is 35.0. The van der Waals surface area contributed by atoms with Crippen molar-refractivity contribution in [1.29, 1.82) is 0 Å². The Hall–Kier alpha value is -0.130. The summed E-state index contributed by atoms with van der Waals surface area (Å²) in [5.74, 6) is 0. The molecule has 0 aliphatic carbocycles. The minimum absolute atomic E-state index is 0.00959. The smallest absolute Gasteiger partial charge is 0.198 e. The van der Waals surface area contributed by atoms with Crippen molar-refractivity contribution in [2.24, 2.45) is 0 Å². The van der Waals surface area contributed by atoms with E-state index in [4.69, 9.17) is 27.9 Å². The van der Waals surface area contributed by atoms with Crippen molar-refractivity contribution in [2.75, 3.05) is 27.9 Å². The number of aliphatic hydroxyl groups is 3. The number of hydrogen-bond acceptors (Lipinski definition) is 13. The monoisotopic (exact) mass is 418 g/mol. The van der Waals surface area contributed by atoms with Crippen molar-refractivity contribution in [3.05, 3.63) is 0 Å². The van der Waals surface area contributed by atoms with Crippen molar-refractivity contribution in [3.63, 3.8) is 0 Å². The summed E-state index contributed by atoms with van der Waals surface area (Å²) < 4.78 is 36.8. The van der Waals surface area contributed by atoms with E-state index in [0.29, 0.717) is 12.3 Å². The SMILES string of the molecule is COOOSOC1C(O)C(OC)OC(C)C1OC1OCC(OC)C(O)C1O. The van der Waals surface area contributed by atoms with Gasteiger partial charge in [-0.05, 0) is 6.92 Å². The van der Waals surface area contributed by atoms with Crippen molar-refractivity contribution in [1.82, 2.24) is 0 Å². The average Bonchev–Trinajstić information content (AvgIpc) is 2.66. The summed E-state index contributed by atoms with van der Waals surface area (Å²) >= 11 is 0.403. The lowest BCUT2D eigenvalue weighted by Gasteiger charge is -2.45. The Morgan fingerprint density at radius 1 is 0.926 bits per heavy atom. The Kier molecular flexibility index (Phi) is 9.57. The normalized spacial score (nSPS) is 43.0. The number of rotatable bonds is 9. The van der Waals surface area contributed by atoms with Crippen LogP contribution < -0.4 is 0 Å². The van der Waals surface area contributed by atoms with Gasteiger partial charge in [-0.15, -0.1) is 4.33 Å². The molecule has 0 aromatic heterocycles. The molecule has 0 bridgehead atoms. The molecule has 0 amide bonds. The summed E-state index contributed by atoms with van der Waals surface area (Å²) in [6.07, 6.45) is -9.26. The maximum Gasteiger partial charge on any atom is 0.198 e. The first-order valence-corrected chi connectivity index (χ1v) is 8.83. The highest BCUT2D eigenvalue weighted by atomic mass is 32.2. The van der Waals surface area contributed by atoms with Crippen LogP contribution in [-0.2, 0) is 42.1 Å². The highest BCUT2D eigenvalue weighted by Crippen LogP contribution is 2.31. The van der Waals surface area contributed by atoms with E-state index < -0.39 is 55.3 Å². The Morgan fingerprint density at radius 2 is 1.67 bits per heavy atom. The van der Waals surface area contributed by atoms with Crippen LogP contribution in [-0.4, -0.2) is 98.6 Å². The van der Waals surface area contributed by atoms with E-state index in [1.54, 1.807) is 6.92 Å². The minimum Gasteiger partial charge on any atom is -0.387 e. The fourth-order valence-electron chi connectivity index (χ4n) is 2.83. The molecule has 9 unspecified atom stereocenters. The van der Waals surface area contributed by atoms with Gasteiger partial charge in [0.25, 0.3) is 0 Å². The zero-order chi connectivity index (χ0) is 20.0. The third-order valence-corrected chi connectivity index (χ3v) is 4.70. The lowest BCUT2D eigenvalue weighted by Crippen LogP contribution is -2.62. The molecule has 2 aliphatic rings. The second kappa shape index (κ2) is 11.2. The first-order chi connectivity index (χ1) is 12.9. The van der Waals surface area contributed by atoms with Gasteiger partial charge < -0.3 is 39.0 Å². The predicted octanol–water partition coefficient (Wildman–Crippen LogP) is -1.33. The molecule has 160 valence electrons. The largest absolute Gasteiger partial charge is 0.387 e. The van der Waals surface area contributed by atoms with Crippen LogP contribution >= 0.6 is 12.3 Å². The topological polar surface area (TPSA) is 144 Å². The molecule has 2 saturated heterocycles. The summed E-state index contributed by atoms with van der Waals surface area (Å²) in [4.78, 5) is 4.26. The minimum atomic E-state index is -1.38. The zero-order valence-electron chi connectivity index (χ0n) is 15.3. The van der Waals surface area contributed by atoms with E-state index in [9.17, 15) is 15.3 Å². The zero-order valence-corrected chi connectivity index (χ0v) is 16.1. The van der Waals surface area contributed by atoms with Gasteiger partial charge >= 0.3 is 0 Å². The van der Waals surface area contributed by atoms with Gasteiger partial charge in [-0.25, -0.2) is 4.89 Å². The van der Waals surface area contributed by atoms with Crippen LogP contribution in [0.2, 0.25) is 0 Å². The molecule has 2 fully saturated rings. The van der Waals surface area contributed by atoms with Crippen LogP contribution in [0.3, 0.4) is 0 Å². The first kappa shape index (κ1) is 23.2. The van der Waals surface area contributed by atoms with Gasteiger partial charge in [0.15, 0.2) is 24.9 Å². The van der Waals surface area contributed by atoms with Crippen LogP contribution in [0.5, 0.6) is 0 Å². The number of methoxy groups -OCH3 is 2. The number of ether oxygens (including phenoxy) is 5. The molecular formula is C14H26O12S. The lowest BCUT2D eigenvalue weighted by molar-refractivity contribution is -0.450. The molecular weight excluding hydrogens is 392 g/mol. The van der Waals surface area contributed by atoms with Crippen LogP contribution in [0, 0.1) is 0 Å². The number of hydrogen-bond donors (Lipinski definition) is 3. The van der Waals surface area contributed by atoms with Crippen LogP contribution in [0.25, 0.3) is 0 Å². The molecule has 0 spiro atoms. The summed E-state index contributed by atoms with van der Waals surface area (Å²) in [7, 11) is 4.00. The maximum absolute atomic E-state index is 10.4. The summed E-state index contributed by atoms with van der Waals surface area (Å²) in [5.41, 5.74) is 0. The fraction of sp³-hybridized carbons (Fsp3) is 1.00. The van der Waals surface area contributed by atoms with Crippen molar-refractivity contribution in [2.45, 2.75) is 62.2 Å². The Morgan fingerprint density at radius 3 is 2.30 bits per heavy atom. The molecule has 0 radical (unpaired) electrons. The van der Waals surface area contributed by atoms with Gasteiger partial charge in [-0.1, -0.05) is 5.04 Å². The van der Waals surface area contributed by atoms with Crippen molar-refractivity contribution >= 4 is 12.3 Å². The standard InChI is InChI=1S/C14H26O12S/c1-6-11(23-14-9(16)8(15)7(18-2)5-21-14)12(24-27-26-25-20-4)10(17)13(19-3)22-6/h6-17H,5H2,1-4H3. The second-order valence-electron chi connectivity index (χ2n) is 5.93. The van der Waals surface area contributed by atoms with Gasteiger partial charge in [0.1, 0.15) is 36.6 Å². The molecule has 3 N–H and O–H groups in total. The van der Waals surface area contributed by atoms with E-state index in [0.717, 1.165) is 0 Å². The number of aliphatic hydroxyl groups excluding tert-OH is 3. The van der Waals surface area contributed by atoms with E-state index in [1.165, 1.54) is 21.3 Å². The second-order valence-corrected chi connectivity index (χ2v) is 6.39. The van der Waals surface area contributed by atoms with Gasteiger partial charge in [0.05, 0.1) is 19.8 Å². The predicted molar refractivity (Wildman–Crippen MR) is 86.4 cm³/mol. The Bertz CT molecular complexity index is 431. The maximum atomic E-state index is 10.4. The molecule has 0 saturated carbocycles. The third-order valence-electron chi connectivity index (χ3n) is 4.29. The Labute approximate surface area is 160 Å². The van der Waals surface area contributed by atoms with Crippen molar-refractivity contribution in [3.8, 4) is 0 Å². The van der Waals surface area contributed by atoms with E-state index in [1.807, 2.05) is 0 Å². The molecule has 2 rings (SSSR count). The molecule has 0 aromatic carbocycles. The van der Waals surface area contributed by atoms with E-state index in [2.05, 4.69) is 14.3 Å². The van der Waals surface area contributed by atoms with Gasteiger partial charge in [0.2, 0.25) is 0 Å². The Balaban J connectivity index is 2.05. The first-order valence-electron chi connectivity index (χ1n) is 8.16. The average molecular weight is 418 g/mol. The fourth-order valence-corrected chi connectivity index (χ4v) is 3.26. The van der Waals surface area contributed by atoms with Crippen molar-refractivity contribution < 1.29 is 57.4 Å². The quantitative estimate of drug-likeness (QED) is 0.176.